The molecule has 3 aliphatic carbocycles. The highest BCUT2D eigenvalue weighted by atomic mass is 79.9. The number of rotatable bonds is 1. The van der Waals surface area contributed by atoms with E-state index in [1.54, 1.807) is 0 Å². The molecule has 150 valence electrons. The maximum absolute atomic E-state index is 12.3. The smallest absolute Gasteiger partial charge is 0.222 e. The van der Waals surface area contributed by atoms with Crippen LogP contribution in [-0.2, 0) is 4.79 Å². The number of carbonyl (C=O) groups is 1. The molecule has 4 fully saturated rings. The van der Waals surface area contributed by atoms with E-state index in [0.29, 0.717) is 47.9 Å². The molecule has 0 bridgehead atoms. The number of alkyl halides is 1. The lowest BCUT2D eigenvalue weighted by Crippen LogP contribution is -2.62. The Kier molecular flexibility index (Phi) is 4.96. The van der Waals surface area contributed by atoms with Crippen molar-refractivity contribution in [3.05, 3.63) is 0 Å². The molecule has 0 aromatic carbocycles. The van der Waals surface area contributed by atoms with Crippen molar-refractivity contribution in [1.29, 1.82) is 0 Å². The van der Waals surface area contributed by atoms with Crippen LogP contribution < -0.4 is 0 Å². The number of hydrogen-bond acceptors (Lipinski definition) is 2. The van der Waals surface area contributed by atoms with Gasteiger partial charge in [-0.3, -0.25) is 4.79 Å². The van der Waals surface area contributed by atoms with Gasteiger partial charge in [-0.2, -0.15) is 0 Å². The number of likely N-dealkylation sites (tertiary alicyclic amines) is 1. The lowest BCUT2D eigenvalue weighted by molar-refractivity contribution is -0.168. The quantitative estimate of drug-likeness (QED) is 0.490. The molecule has 1 amide bonds. The predicted octanol–water partition coefficient (Wildman–Crippen LogP) is 4.37. The lowest BCUT2D eigenvalue weighted by Gasteiger charge is -2.62. The van der Waals surface area contributed by atoms with Gasteiger partial charge in [-0.25, -0.2) is 0 Å². The molecule has 0 radical (unpaired) electrons. The summed E-state index contributed by atoms with van der Waals surface area (Å²) in [6, 6.07) is 0.412. The van der Waals surface area contributed by atoms with Crippen LogP contribution in [0.25, 0.3) is 0 Å². The maximum Gasteiger partial charge on any atom is 0.222 e. The number of halogens is 1. The van der Waals surface area contributed by atoms with E-state index in [1.165, 1.54) is 12.8 Å². The third kappa shape index (κ3) is 2.75. The zero-order chi connectivity index (χ0) is 19.4. The highest BCUT2D eigenvalue weighted by Gasteiger charge is 2.64. The van der Waals surface area contributed by atoms with E-state index in [4.69, 9.17) is 0 Å². The number of aliphatic hydroxyl groups is 1. The highest BCUT2D eigenvalue weighted by molar-refractivity contribution is 9.09. The van der Waals surface area contributed by atoms with Gasteiger partial charge >= 0.3 is 0 Å². The zero-order valence-corrected chi connectivity index (χ0v) is 18.6. The third-order valence-corrected chi connectivity index (χ3v) is 9.73. The fraction of sp³-hybridized carbons (Fsp3) is 0.870. The first-order chi connectivity index (χ1) is 12.8. The number of hydrogen-bond donors (Lipinski definition) is 1. The molecule has 1 aliphatic heterocycles. The number of nitrogens with zero attached hydrogens (tertiary/aromatic N) is 1. The number of piperidine rings is 1. The van der Waals surface area contributed by atoms with E-state index in [0.717, 1.165) is 32.1 Å². The van der Waals surface area contributed by atoms with Crippen LogP contribution in [0.1, 0.15) is 71.6 Å². The first-order valence-electron chi connectivity index (χ1n) is 10.8. The number of amides is 1. The summed E-state index contributed by atoms with van der Waals surface area (Å²) in [4.78, 5) is 14.3. The lowest BCUT2D eigenvalue weighted by atomic mass is 9.46. The van der Waals surface area contributed by atoms with E-state index in [2.05, 4.69) is 46.5 Å². The Labute approximate surface area is 172 Å². The molecule has 2 unspecified atom stereocenters. The average molecular weight is 436 g/mol. The van der Waals surface area contributed by atoms with Crippen molar-refractivity contribution in [2.75, 3.05) is 12.4 Å². The second-order valence-corrected chi connectivity index (χ2v) is 10.7. The van der Waals surface area contributed by atoms with Crippen LogP contribution in [0.3, 0.4) is 0 Å². The standard InChI is InChI=1S/C23H34BrNO2/c1-21-12-10-20(26)25(3)19(21)7-6-16-17(21)8-13-22(2)18(16)9-14-23(22,27)11-4-5-15-24/h16-19,27H,6-15H2,1-3H3/t16-,17-,18+,19?,21-,22+,23?/m1/s1. The van der Waals surface area contributed by atoms with Gasteiger partial charge in [0.2, 0.25) is 5.91 Å². The molecule has 1 saturated heterocycles. The predicted molar refractivity (Wildman–Crippen MR) is 111 cm³/mol. The Bertz CT molecular complexity index is 684. The molecule has 7 atom stereocenters. The summed E-state index contributed by atoms with van der Waals surface area (Å²) in [7, 11) is 2.02. The summed E-state index contributed by atoms with van der Waals surface area (Å²) in [5.74, 6) is 8.64. The van der Waals surface area contributed by atoms with E-state index in [-0.39, 0.29) is 10.8 Å². The van der Waals surface area contributed by atoms with Crippen molar-refractivity contribution in [2.45, 2.75) is 83.3 Å². The molecule has 4 aliphatic rings. The Morgan fingerprint density at radius 2 is 1.85 bits per heavy atom. The molecule has 0 aromatic rings. The van der Waals surface area contributed by atoms with Crippen molar-refractivity contribution in [1.82, 2.24) is 4.90 Å². The molecule has 3 saturated carbocycles. The first-order valence-corrected chi connectivity index (χ1v) is 11.9. The summed E-state index contributed by atoms with van der Waals surface area (Å²) in [6.07, 6.45) is 9.05. The molecule has 3 nitrogen and oxygen atoms in total. The van der Waals surface area contributed by atoms with Crippen LogP contribution in [0.2, 0.25) is 0 Å². The van der Waals surface area contributed by atoms with Crippen molar-refractivity contribution in [2.24, 2.45) is 28.6 Å². The third-order valence-electron chi connectivity index (χ3n) is 9.45. The number of carbonyl (C=O) groups excluding carboxylic acids is 1. The molecule has 1 N–H and O–H groups in total. The summed E-state index contributed by atoms with van der Waals surface area (Å²) in [6.45, 7) is 4.81. The molecule has 4 rings (SSSR count). The fourth-order valence-corrected chi connectivity index (χ4v) is 8.01. The van der Waals surface area contributed by atoms with Crippen LogP contribution >= 0.6 is 15.9 Å². The van der Waals surface area contributed by atoms with E-state index < -0.39 is 5.60 Å². The Hall–Kier alpha value is -0.530. The van der Waals surface area contributed by atoms with E-state index >= 15 is 0 Å². The molecule has 4 heteroatoms. The van der Waals surface area contributed by atoms with Crippen LogP contribution in [0.5, 0.6) is 0 Å². The fourth-order valence-electron chi connectivity index (χ4n) is 7.81. The minimum Gasteiger partial charge on any atom is -0.388 e. The second kappa shape index (κ2) is 6.77. The summed E-state index contributed by atoms with van der Waals surface area (Å²) in [5, 5.41) is 12.2. The maximum atomic E-state index is 12.3. The Morgan fingerprint density at radius 3 is 2.59 bits per heavy atom. The van der Waals surface area contributed by atoms with Gasteiger partial charge in [-0.05, 0) is 68.1 Å². The highest BCUT2D eigenvalue weighted by Crippen LogP contribution is 2.67. The molecule has 0 aromatic heterocycles. The molecule has 0 spiro atoms. The van der Waals surface area contributed by atoms with Crippen LogP contribution in [0.15, 0.2) is 0 Å². The monoisotopic (exact) mass is 435 g/mol. The summed E-state index contributed by atoms with van der Waals surface area (Å²) >= 11 is 3.37. The van der Waals surface area contributed by atoms with E-state index in [9.17, 15) is 9.90 Å². The molecular formula is C23H34BrNO2. The average Bonchev–Trinajstić information content (AvgIpc) is 2.90. The van der Waals surface area contributed by atoms with Gasteiger partial charge in [0, 0.05) is 31.3 Å². The zero-order valence-electron chi connectivity index (χ0n) is 17.1. The second-order valence-electron chi connectivity index (χ2n) is 10.2. The Balaban J connectivity index is 1.60. The van der Waals surface area contributed by atoms with Crippen LogP contribution in [0.4, 0.5) is 0 Å². The van der Waals surface area contributed by atoms with Crippen molar-refractivity contribution >= 4 is 21.8 Å². The van der Waals surface area contributed by atoms with Crippen LogP contribution in [0, 0.1) is 40.4 Å². The normalized spacial score (nSPS) is 48.9. The minimum atomic E-state index is -0.630. The van der Waals surface area contributed by atoms with Crippen molar-refractivity contribution in [3.63, 3.8) is 0 Å². The number of fused-ring (bicyclic) bond motifs is 5. The molecule has 1 heterocycles. The van der Waals surface area contributed by atoms with Gasteiger partial charge in [0.25, 0.3) is 0 Å². The van der Waals surface area contributed by atoms with Gasteiger partial charge in [0.1, 0.15) is 0 Å². The van der Waals surface area contributed by atoms with E-state index in [1.807, 2.05) is 7.05 Å². The van der Waals surface area contributed by atoms with Gasteiger partial charge in [-0.1, -0.05) is 41.6 Å². The van der Waals surface area contributed by atoms with Gasteiger partial charge in [-0.15, -0.1) is 0 Å². The molecule has 27 heavy (non-hydrogen) atoms. The van der Waals surface area contributed by atoms with Gasteiger partial charge < -0.3 is 10.0 Å². The summed E-state index contributed by atoms with van der Waals surface area (Å²) in [5.41, 5.74) is -0.382. The van der Waals surface area contributed by atoms with Crippen LogP contribution in [-0.4, -0.2) is 39.9 Å². The minimum absolute atomic E-state index is 0.00521. The molecular weight excluding hydrogens is 402 g/mol. The van der Waals surface area contributed by atoms with Crippen molar-refractivity contribution < 1.29 is 9.90 Å². The Morgan fingerprint density at radius 1 is 1.11 bits per heavy atom. The first kappa shape index (κ1) is 19.8. The van der Waals surface area contributed by atoms with Crippen molar-refractivity contribution in [3.8, 4) is 11.8 Å². The summed E-state index contributed by atoms with van der Waals surface area (Å²) < 4.78 is 0. The topological polar surface area (TPSA) is 40.5 Å². The van der Waals surface area contributed by atoms with Gasteiger partial charge in [0.15, 0.2) is 0 Å². The van der Waals surface area contributed by atoms with Gasteiger partial charge in [0.05, 0.1) is 10.9 Å². The SMILES string of the molecule is CN1C(=O)CC[C@@]2(C)C1CC[C@@H]1[C@H]2CC[C@@]2(C)[C@H]1CCC2(O)CC#CCBr. The largest absolute Gasteiger partial charge is 0.388 e.